The van der Waals surface area contributed by atoms with Crippen molar-refractivity contribution in [2.45, 2.75) is 31.7 Å². The van der Waals surface area contributed by atoms with E-state index in [0.29, 0.717) is 6.54 Å². The third-order valence-corrected chi connectivity index (χ3v) is 5.29. The third-order valence-electron chi connectivity index (χ3n) is 4.96. The predicted octanol–water partition coefficient (Wildman–Crippen LogP) is 4.16. The lowest BCUT2D eigenvalue weighted by molar-refractivity contribution is 0.0514. The maximum Gasteiger partial charge on any atom is 0.191 e. The molecule has 7 heteroatoms. The topological polar surface area (TPSA) is 58.5 Å². The van der Waals surface area contributed by atoms with Crippen molar-refractivity contribution in [1.82, 2.24) is 15.6 Å². The van der Waals surface area contributed by atoms with Crippen LogP contribution in [0.25, 0.3) is 0 Å². The lowest BCUT2D eigenvalue weighted by atomic mass is 9.74. The van der Waals surface area contributed by atoms with Crippen LogP contribution in [0.15, 0.2) is 53.7 Å². The highest BCUT2D eigenvalue weighted by atomic mass is 127. The molecule has 0 saturated carbocycles. The van der Waals surface area contributed by atoms with E-state index in [4.69, 9.17) is 16.3 Å². The Morgan fingerprint density at radius 3 is 2.57 bits per heavy atom. The summed E-state index contributed by atoms with van der Waals surface area (Å²) in [7, 11) is 0. The number of guanidine groups is 1. The molecule has 0 spiro atoms. The molecule has 3 rings (SSSR count). The molecule has 0 bridgehead atoms. The van der Waals surface area contributed by atoms with Gasteiger partial charge in [0.05, 0.1) is 12.2 Å². The second kappa shape index (κ2) is 11.6. The Hall–Kier alpha value is -1.38. The zero-order chi connectivity index (χ0) is 19.0. The standard InChI is InChI=1S/C21H27ClN4O.HI/c1-2-23-20(25-15-17-7-5-6-12-24-17)26-16-21(10-13-27-14-11-21)18-8-3-4-9-19(18)22;/h3-9,12H,2,10-11,13-16H2,1H3,(H2,23,25,26);1H. The monoisotopic (exact) mass is 514 g/mol. The van der Waals surface area contributed by atoms with Crippen molar-refractivity contribution in [2.75, 3.05) is 26.3 Å². The highest BCUT2D eigenvalue weighted by Crippen LogP contribution is 2.38. The molecular weight excluding hydrogens is 487 g/mol. The minimum absolute atomic E-state index is 0. The van der Waals surface area contributed by atoms with Crippen LogP contribution in [0.3, 0.4) is 0 Å². The molecule has 28 heavy (non-hydrogen) atoms. The summed E-state index contributed by atoms with van der Waals surface area (Å²) in [5.74, 6) is 0.793. The zero-order valence-corrected chi connectivity index (χ0v) is 19.2. The quantitative estimate of drug-likeness (QED) is 0.345. The number of nitrogens with one attached hydrogen (secondary N) is 2. The van der Waals surface area contributed by atoms with Gasteiger partial charge in [0.25, 0.3) is 0 Å². The van der Waals surface area contributed by atoms with Gasteiger partial charge in [-0.1, -0.05) is 35.9 Å². The number of nitrogens with zero attached hydrogens (tertiary/aromatic N) is 2. The summed E-state index contributed by atoms with van der Waals surface area (Å²) < 4.78 is 5.62. The number of pyridine rings is 1. The number of halogens is 2. The molecule has 1 fully saturated rings. The van der Waals surface area contributed by atoms with Gasteiger partial charge in [0.15, 0.2) is 5.96 Å². The minimum Gasteiger partial charge on any atom is -0.381 e. The number of hydrogen-bond donors (Lipinski definition) is 2. The molecule has 1 aromatic heterocycles. The number of aromatic nitrogens is 1. The van der Waals surface area contributed by atoms with Crippen LogP contribution >= 0.6 is 35.6 Å². The van der Waals surface area contributed by atoms with Crippen molar-refractivity contribution in [2.24, 2.45) is 4.99 Å². The van der Waals surface area contributed by atoms with Crippen LogP contribution in [0.1, 0.15) is 31.0 Å². The van der Waals surface area contributed by atoms with Crippen molar-refractivity contribution >= 4 is 41.5 Å². The number of ether oxygens (including phenoxy) is 1. The predicted molar refractivity (Wildman–Crippen MR) is 126 cm³/mol. The van der Waals surface area contributed by atoms with Crippen LogP contribution in [-0.2, 0) is 16.7 Å². The van der Waals surface area contributed by atoms with Gasteiger partial charge in [-0.2, -0.15) is 0 Å². The number of benzene rings is 1. The minimum atomic E-state index is -0.0578. The highest BCUT2D eigenvalue weighted by molar-refractivity contribution is 14.0. The van der Waals surface area contributed by atoms with Crippen molar-refractivity contribution in [1.29, 1.82) is 0 Å². The second-order valence-electron chi connectivity index (χ2n) is 6.74. The molecule has 0 aliphatic carbocycles. The van der Waals surface area contributed by atoms with Gasteiger partial charge >= 0.3 is 0 Å². The summed E-state index contributed by atoms with van der Waals surface area (Å²) in [4.78, 5) is 9.02. The Balaban J connectivity index is 0.00000280. The molecule has 0 radical (unpaired) electrons. The molecule has 0 unspecified atom stereocenters. The van der Waals surface area contributed by atoms with E-state index in [2.05, 4.69) is 39.7 Å². The lowest BCUT2D eigenvalue weighted by Crippen LogP contribution is -2.48. The fourth-order valence-electron chi connectivity index (χ4n) is 3.44. The zero-order valence-electron chi connectivity index (χ0n) is 16.2. The van der Waals surface area contributed by atoms with E-state index in [9.17, 15) is 0 Å². The van der Waals surface area contributed by atoms with E-state index in [1.807, 2.05) is 30.3 Å². The first-order valence-corrected chi connectivity index (χ1v) is 9.86. The highest BCUT2D eigenvalue weighted by Gasteiger charge is 2.36. The number of rotatable bonds is 6. The van der Waals surface area contributed by atoms with Crippen LogP contribution in [0.5, 0.6) is 0 Å². The summed E-state index contributed by atoms with van der Waals surface area (Å²) in [6.07, 6.45) is 3.66. The Bertz CT molecular complexity index is 751. The van der Waals surface area contributed by atoms with Crippen molar-refractivity contribution in [3.63, 3.8) is 0 Å². The number of hydrogen-bond acceptors (Lipinski definition) is 3. The Kier molecular flexibility index (Phi) is 9.47. The van der Waals surface area contributed by atoms with E-state index >= 15 is 0 Å². The fourth-order valence-corrected chi connectivity index (χ4v) is 3.78. The van der Waals surface area contributed by atoms with E-state index in [1.54, 1.807) is 6.20 Å². The molecule has 2 aromatic rings. The molecule has 2 heterocycles. The third kappa shape index (κ3) is 6.06. The van der Waals surface area contributed by atoms with E-state index in [-0.39, 0.29) is 29.4 Å². The largest absolute Gasteiger partial charge is 0.381 e. The van der Waals surface area contributed by atoms with Gasteiger partial charge in [-0.15, -0.1) is 24.0 Å². The Morgan fingerprint density at radius 1 is 1.14 bits per heavy atom. The average Bonchev–Trinajstić information content (AvgIpc) is 2.72. The van der Waals surface area contributed by atoms with Gasteiger partial charge in [-0.3, -0.25) is 4.98 Å². The summed E-state index contributed by atoms with van der Waals surface area (Å²) in [6, 6.07) is 14.0. The maximum atomic E-state index is 6.54. The summed E-state index contributed by atoms with van der Waals surface area (Å²) in [6.45, 7) is 5.65. The van der Waals surface area contributed by atoms with Crippen LogP contribution in [0, 0.1) is 0 Å². The van der Waals surface area contributed by atoms with Gasteiger partial charge in [-0.25, -0.2) is 4.99 Å². The van der Waals surface area contributed by atoms with Gasteiger partial charge in [0, 0.05) is 42.9 Å². The lowest BCUT2D eigenvalue weighted by Gasteiger charge is -2.38. The second-order valence-corrected chi connectivity index (χ2v) is 7.15. The molecule has 0 amide bonds. The maximum absolute atomic E-state index is 6.54. The normalized spacial score (nSPS) is 16.1. The smallest absolute Gasteiger partial charge is 0.191 e. The van der Waals surface area contributed by atoms with E-state index < -0.39 is 0 Å². The molecule has 2 N–H and O–H groups in total. The van der Waals surface area contributed by atoms with E-state index in [0.717, 1.165) is 55.8 Å². The van der Waals surface area contributed by atoms with Gasteiger partial charge in [0.1, 0.15) is 0 Å². The first-order chi connectivity index (χ1) is 13.2. The van der Waals surface area contributed by atoms with Crippen molar-refractivity contribution in [3.05, 3.63) is 64.9 Å². The summed E-state index contributed by atoms with van der Waals surface area (Å²) >= 11 is 6.54. The van der Waals surface area contributed by atoms with Gasteiger partial charge < -0.3 is 15.4 Å². The summed E-state index contributed by atoms with van der Waals surface area (Å²) in [5.41, 5.74) is 2.07. The molecule has 1 aliphatic heterocycles. The Labute approximate surface area is 189 Å². The molecular formula is C21H28ClIN4O. The summed E-state index contributed by atoms with van der Waals surface area (Å²) in [5, 5.41) is 7.66. The van der Waals surface area contributed by atoms with Crippen molar-refractivity contribution in [3.8, 4) is 0 Å². The first kappa shape index (κ1) is 22.9. The average molecular weight is 515 g/mol. The number of aliphatic imine (C=N–C) groups is 1. The molecule has 5 nitrogen and oxygen atoms in total. The Morgan fingerprint density at radius 2 is 1.89 bits per heavy atom. The molecule has 1 saturated heterocycles. The van der Waals surface area contributed by atoms with Gasteiger partial charge in [-0.05, 0) is 43.5 Å². The van der Waals surface area contributed by atoms with Crippen LogP contribution in [-0.4, -0.2) is 37.2 Å². The van der Waals surface area contributed by atoms with E-state index in [1.165, 1.54) is 5.56 Å². The molecule has 0 atom stereocenters. The molecule has 1 aromatic carbocycles. The SMILES string of the molecule is CCNC(=NCc1ccccn1)NCC1(c2ccccc2Cl)CCOCC1.I. The molecule has 1 aliphatic rings. The van der Waals surface area contributed by atoms with Crippen LogP contribution < -0.4 is 10.6 Å². The molecule has 152 valence electrons. The van der Waals surface area contributed by atoms with Gasteiger partial charge in [0.2, 0.25) is 0 Å². The fraction of sp³-hybridized carbons (Fsp3) is 0.429. The van der Waals surface area contributed by atoms with Crippen molar-refractivity contribution < 1.29 is 4.74 Å². The van der Waals surface area contributed by atoms with Crippen LogP contribution in [0.4, 0.5) is 0 Å². The first-order valence-electron chi connectivity index (χ1n) is 9.48. The van der Waals surface area contributed by atoms with Crippen LogP contribution in [0.2, 0.25) is 5.02 Å².